The third-order valence-corrected chi connectivity index (χ3v) is 2.29. The van der Waals surface area contributed by atoms with Gasteiger partial charge in [-0.05, 0) is 31.0 Å². The molecule has 78 valence electrons. The molecule has 0 amide bonds. The molecule has 0 spiro atoms. The summed E-state index contributed by atoms with van der Waals surface area (Å²) in [4.78, 5) is 0. The molecule has 0 aliphatic heterocycles. The highest BCUT2D eigenvalue weighted by Gasteiger charge is 2.07. The van der Waals surface area contributed by atoms with E-state index in [0.717, 1.165) is 12.2 Å². The molecule has 1 unspecified atom stereocenters. The molecule has 0 heterocycles. The molecule has 3 N–H and O–H groups in total. The lowest BCUT2D eigenvalue weighted by Crippen LogP contribution is -2.23. The van der Waals surface area contributed by atoms with Crippen LogP contribution in [0.5, 0.6) is 0 Å². The third-order valence-electron chi connectivity index (χ3n) is 2.29. The number of nitrogens with one attached hydrogen (secondary N) is 1. The van der Waals surface area contributed by atoms with Crippen LogP contribution in [0.1, 0.15) is 32.4 Å². The number of benzene rings is 1. The molecule has 0 bridgehead atoms. The Kier molecular flexibility index (Phi) is 3.96. The number of anilines is 1. The second-order valence-electron chi connectivity index (χ2n) is 4.15. The second-order valence-corrected chi connectivity index (χ2v) is 4.15. The van der Waals surface area contributed by atoms with Gasteiger partial charge in [0.2, 0.25) is 0 Å². The van der Waals surface area contributed by atoms with E-state index in [9.17, 15) is 0 Å². The first-order chi connectivity index (χ1) is 6.61. The number of hydrogen-bond donors (Lipinski definition) is 2. The van der Waals surface area contributed by atoms with E-state index < -0.39 is 0 Å². The van der Waals surface area contributed by atoms with E-state index in [2.05, 4.69) is 32.2 Å². The van der Waals surface area contributed by atoms with Crippen LogP contribution in [0.2, 0.25) is 0 Å². The van der Waals surface area contributed by atoms with Gasteiger partial charge in [0.25, 0.3) is 0 Å². The summed E-state index contributed by atoms with van der Waals surface area (Å²) in [5.74, 6) is 0.669. The summed E-state index contributed by atoms with van der Waals surface area (Å²) in [6.45, 7) is 7.58. The number of rotatable bonds is 4. The molecule has 2 nitrogen and oxygen atoms in total. The van der Waals surface area contributed by atoms with E-state index in [-0.39, 0.29) is 0 Å². The molecule has 0 saturated heterocycles. The molecule has 1 rings (SSSR count). The van der Waals surface area contributed by atoms with E-state index >= 15 is 0 Å². The highest BCUT2D eigenvalue weighted by Crippen LogP contribution is 2.19. The van der Waals surface area contributed by atoms with Gasteiger partial charge >= 0.3 is 0 Å². The van der Waals surface area contributed by atoms with Crippen molar-refractivity contribution >= 4 is 5.69 Å². The predicted octanol–water partition coefficient (Wildman–Crippen LogP) is 2.58. The van der Waals surface area contributed by atoms with Gasteiger partial charge in [-0.2, -0.15) is 0 Å². The van der Waals surface area contributed by atoms with E-state index in [1.165, 1.54) is 5.56 Å². The van der Waals surface area contributed by atoms with Gasteiger partial charge in [0, 0.05) is 11.7 Å². The Morgan fingerprint density at radius 3 is 2.43 bits per heavy atom. The summed E-state index contributed by atoms with van der Waals surface area (Å²) in [6, 6.07) is 8.35. The Balaban J connectivity index is 2.60. The average molecular weight is 192 g/mol. The minimum Gasteiger partial charge on any atom is -0.398 e. The molecule has 1 atom stereocenters. The van der Waals surface area contributed by atoms with Crippen molar-refractivity contribution in [2.45, 2.75) is 26.8 Å². The first-order valence-electron chi connectivity index (χ1n) is 5.19. The van der Waals surface area contributed by atoms with E-state index in [1.807, 2.05) is 18.2 Å². The normalized spacial score (nSPS) is 13.1. The molecule has 14 heavy (non-hydrogen) atoms. The standard InChI is InChI=1S/C12H20N2/c1-9(2)8-14-10(3)11-6-4-5-7-12(11)13/h4-7,9-10,14H,8,13H2,1-3H3. The van der Waals surface area contributed by atoms with Crippen LogP contribution in [0.4, 0.5) is 5.69 Å². The Morgan fingerprint density at radius 2 is 1.86 bits per heavy atom. The minimum absolute atomic E-state index is 0.332. The molecule has 2 heteroatoms. The van der Waals surface area contributed by atoms with Crippen LogP contribution in [-0.2, 0) is 0 Å². The van der Waals surface area contributed by atoms with Gasteiger partial charge in [0.1, 0.15) is 0 Å². The first kappa shape index (κ1) is 11.1. The van der Waals surface area contributed by atoms with Crippen molar-refractivity contribution in [2.24, 2.45) is 5.92 Å². The van der Waals surface area contributed by atoms with Crippen LogP contribution in [-0.4, -0.2) is 6.54 Å². The van der Waals surface area contributed by atoms with Crippen molar-refractivity contribution in [1.29, 1.82) is 0 Å². The van der Waals surface area contributed by atoms with Gasteiger partial charge in [-0.15, -0.1) is 0 Å². The lowest BCUT2D eigenvalue weighted by Gasteiger charge is -2.17. The summed E-state index contributed by atoms with van der Waals surface area (Å²) in [6.07, 6.45) is 0. The Labute approximate surface area is 86.5 Å². The molecule has 0 radical (unpaired) electrons. The highest BCUT2D eigenvalue weighted by molar-refractivity contribution is 5.47. The lowest BCUT2D eigenvalue weighted by atomic mass is 10.1. The minimum atomic E-state index is 0.332. The quantitative estimate of drug-likeness (QED) is 0.720. The zero-order valence-corrected chi connectivity index (χ0v) is 9.25. The van der Waals surface area contributed by atoms with Crippen molar-refractivity contribution in [3.8, 4) is 0 Å². The van der Waals surface area contributed by atoms with Crippen molar-refractivity contribution in [3.63, 3.8) is 0 Å². The highest BCUT2D eigenvalue weighted by atomic mass is 14.9. The van der Waals surface area contributed by atoms with Gasteiger partial charge in [-0.3, -0.25) is 0 Å². The summed E-state index contributed by atoms with van der Waals surface area (Å²) in [7, 11) is 0. The summed E-state index contributed by atoms with van der Waals surface area (Å²) in [5, 5.41) is 3.46. The molecule has 0 aliphatic carbocycles. The predicted molar refractivity (Wildman–Crippen MR) is 62.1 cm³/mol. The maximum absolute atomic E-state index is 5.89. The molecule has 1 aromatic rings. The number of para-hydroxylation sites is 1. The van der Waals surface area contributed by atoms with Crippen molar-refractivity contribution < 1.29 is 0 Å². The Bertz CT molecular complexity index is 281. The van der Waals surface area contributed by atoms with Gasteiger partial charge < -0.3 is 11.1 Å². The van der Waals surface area contributed by atoms with E-state index in [1.54, 1.807) is 0 Å². The fraction of sp³-hybridized carbons (Fsp3) is 0.500. The topological polar surface area (TPSA) is 38.0 Å². The molecule has 0 aliphatic rings. The van der Waals surface area contributed by atoms with Crippen LogP contribution in [0.25, 0.3) is 0 Å². The lowest BCUT2D eigenvalue weighted by molar-refractivity contribution is 0.497. The zero-order chi connectivity index (χ0) is 10.6. The zero-order valence-electron chi connectivity index (χ0n) is 9.25. The maximum Gasteiger partial charge on any atom is 0.0362 e. The largest absolute Gasteiger partial charge is 0.398 e. The fourth-order valence-electron chi connectivity index (χ4n) is 1.43. The van der Waals surface area contributed by atoms with Crippen LogP contribution >= 0.6 is 0 Å². The van der Waals surface area contributed by atoms with E-state index in [4.69, 9.17) is 5.73 Å². The molecule has 0 aromatic heterocycles. The SMILES string of the molecule is CC(C)CNC(C)c1ccccc1N. The van der Waals surface area contributed by atoms with Gasteiger partial charge in [0.15, 0.2) is 0 Å². The Morgan fingerprint density at radius 1 is 1.21 bits per heavy atom. The molecule has 0 fully saturated rings. The average Bonchev–Trinajstić information content (AvgIpc) is 2.15. The number of hydrogen-bond acceptors (Lipinski definition) is 2. The smallest absolute Gasteiger partial charge is 0.0362 e. The molecular formula is C12H20N2. The fourth-order valence-corrected chi connectivity index (χ4v) is 1.43. The second kappa shape index (κ2) is 5.01. The molecule has 1 aromatic carbocycles. The van der Waals surface area contributed by atoms with Gasteiger partial charge in [-0.1, -0.05) is 32.0 Å². The summed E-state index contributed by atoms with van der Waals surface area (Å²) < 4.78 is 0. The van der Waals surface area contributed by atoms with Crippen molar-refractivity contribution in [2.75, 3.05) is 12.3 Å². The number of nitrogen functional groups attached to an aromatic ring is 1. The maximum atomic E-state index is 5.89. The molecule has 0 saturated carbocycles. The monoisotopic (exact) mass is 192 g/mol. The van der Waals surface area contributed by atoms with Crippen molar-refractivity contribution in [3.05, 3.63) is 29.8 Å². The number of nitrogens with two attached hydrogens (primary N) is 1. The van der Waals surface area contributed by atoms with Crippen LogP contribution in [0.15, 0.2) is 24.3 Å². The van der Waals surface area contributed by atoms with Crippen molar-refractivity contribution in [1.82, 2.24) is 5.32 Å². The summed E-state index contributed by atoms with van der Waals surface area (Å²) in [5.41, 5.74) is 7.95. The van der Waals surface area contributed by atoms with E-state index in [0.29, 0.717) is 12.0 Å². The Hall–Kier alpha value is -1.02. The first-order valence-corrected chi connectivity index (χ1v) is 5.19. The molecular weight excluding hydrogens is 172 g/mol. The van der Waals surface area contributed by atoms with Crippen LogP contribution in [0, 0.1) is 5.92 Å². The van der Waals surface area contributed by atoms with Crippen LogP contribution < -0.4 is 11.1 Å². The van der Waals surface area contributed by atoms with Crippen LogP contribution in [0.3, 0.4) is 0 Å². The van der Waals surface area contributed by atoms with Gasteiger partial charge in [-0.25, -0.2) is 0 Å². The summed E-state index contributed by atoms with van der Waals surface area (Å²) >= 11 is 0. The van der Waals surface area contributed by atoms with Gasteiger partial charge in [0.05, 0.1) is 0 Å². The third kappa shape index (κ3) is 3.04.